The molecule has 0 saturated carbocycles. The van der Waals surface area contributed by atoms with Gasteiger partial charge in [-0.2, -0.15) is 0 Å². The summed E-state index contributed by atoms with van der Waals surface area (Å²) >= 11 is 0. The molecule has 4 aromatic rings. The minimum atomic E-state index is -2.10. The summed E-state index contributed by atoms with van der Waals surface area (Å²) in [6, 6.07) is 33.8. The van der Waals surface area contributed by atoms with Gasteiger partial charge in [-0.1, -0.05) is 86.5 Å². The van der Waals surface area contributed by atoms with Crippen LogP contribution in [0.15, 0.2) is 117 Å². The van der Waals surface area contributed by atoms with Crippen molar-refractivity contribution in [2.45, 2.75) is 6.16 Å². The van der Waals surface area contributed by atoms with Gasteiger partial charge in [-0.25, -0.2) is 0 Å². The first-order valence-electron chi connectivity index (χ1n) is 10.9. The van der Waals surface area contributed by atoms with Crippen molar-refractivity contribution >= 4 is 58.4 Å². The third-order valence-corrected chi connectivity index (χ3v) is 10.4. The van der Waals surface area contributed by atoms with E-state index in [-0.39, 0.29) is 22.7 Å². The number of halogens is 1. The first-order chi connectivity index (χ1) is 16.1. The van der Waals surface area contributed by atoms with Crippen LogP contribution in [0.1, 0.15) is 22.3 Å². The van der Waals surface area contributed by atoms with Gasteiger partial charge in [0.15, 0.2) is 0 Å². The number of hydrogen-bond acceptors (Lipinski definition) is 1. The van der Waals surface area contributed by atoms with Crippen LogP contribution in [0, 0.1) is 0 Å². The molecule has 0 unspecified atom stereocenters. The van der Waals surface area contributed by atoms with E-state index in [1.54, 1.807) is 6.07 Å². The van der Waals surface area contributed by atoms with Gasteiger partial charge in [0.05, 0.1) is 6.16 Å². The van der Waals surface area contributed by atoms with Gasteiger partial charge in [0.1, 0.15) is 28.9 Å². The predicted octanol–water partition coefficient (Wildman–Crippen LogP) is 7.39. The minimum Gasteiger partial charge on any atom is -0.508 e. The number of phenolic OH excluding ortho intramolecular Hbond substituents is 1. The van der Waals surface area contributed by atoms with Gasteiger partial charge in [0.25, 0.3) is 0 Å². The average Bonchev–Trinajstić information content (AvgIpc) is 2.87. The van der Waals surface area contributed by atoms with Crippen LogP contribution in [0.4, 0.5) is 0 Å². The van der Waals surface area contributed by atoms with Crippen LogP contribution in [0.25, 0.3) is 18.2 Å². The van der Waals surface area contributed by atoms with Crippen LogP contribution in [0.5, 0.6) is 5.75 Å². The summed E-state index contributed by atoms with van der Waals surface area (Å²) in [5, 5.41) is 14.1. The molecule has 1 nitrogen and oxygen atoms in total. The molecular formula is C31H29BrOP+. The number of hydrogen-bond donors (Lipinski definition) is 1. The van der Waals surface area contributed by atoms with Crippen LogP contribution < -0.4 is 15.9 Å². The van der Waals surface area contributed by atoms with Crippen molar-refractivity contribution in [3.8, 4) is 5.75 Å². The molecule has 0 aromatic heterocycles. The van der Waals surface area contributed by atoms with Gasteiger partial charge in [-0.05, 0) is 70.8 Å². The second-order valence-electron chi connectivity index (χ2n) is 8.02. The van der Waals surface area contributed by atoms with E-state index in [2.05, 4.69) is 98.6 Å². The highest BCUT2D eigenvalue weighted by Gasteiger charge is 2.45. The molecule has 4 rings (SSSR count). The Morgan fingerprint density at radius 2 is 0.971 bits per heavy atom. The van der Waals surface area contributed by atoms with E-state index in [0.29, 0.717) is 0 Å². The highest BCUT2D eigenvalue weighted by atomic mass is 79.9. The third kappa shape index (κ3) is 5.14. The highest BCUT2D eigenvalue weighted by molar-refractivity contribution is 8.93. The maximum absolute atomic E-state index is 10.2. The van der Waals surface area contributed by atoms with Crippen LogP contribution in [0.2, 0.25) is 0 Å². The molecule has 1 N–H and O–H groups in total. The van der Waals surface area contributed by atoms with E-state index in [1.165, 1.54) is 15.9 Å². The van der Waals surface area contributed by atoms with Crippen LogP contribution in [-0.2, 0) is 6.16 Å². The summed E-state index contributed by atoms with van der Waals surface area (Å²) in [6.07, 6.45) is 6.42. The first kappa shape index (κ1) is 25.4. The van der Waals surface area contributed by atoms with Crippen molar-refractivity contribution in [2.24, 2.45) is 0 Å². The number of benzene rings is 4. The smallest absolute Gasteiger partial charge is 0.116 e. The number of phenols is 1. The van der Waals surface area contributed by atoms with Crippen LogP contribution in [0.3, 0.4) is 0 Å². The van der Waals surface area contributed by atoms with Gasteiger partial charge in [0.2, 0.25) is 0 Å². The predicted molar refractivity (Wildman–Crippen MR) is 158 cm³/mol. The molecule has 0 amide bonds. The van der Waals surface area contributed by atoms with Gasteiger partial charge in [-0.3, -0.25) is 0 Å². The molecule has 34 heavy (non-hydrogen) atoms. The molecule has 0 heterocycles. The lowest BCUT2D eigenvalue weighted by molar-refractivity contribution is 0.475. The number of aromatic hydroxyl groups is 1. The zero-order valence-corrected chi connectivity index (χ0v) is 21.7. The fourth-order valence-corrected chi connectivity index (χ4v) is 8.41. The first-order valence-corrected chi connectivity index (χ1v) is 12.9. The molecule has 0 fully saturated rings. The van der Waals surface area contributed by atoms with Gasteiger partial charge in [0, 0.05) is 0 Å². The fourth-order valence-electron chi connectivity index (χ4n) is 4.24. The summed E-state index contributed by atoms with van der Waals surface area (Å²) in [6.45, 7) is 11.8. The Morgan fingerprint density at radius 1 is 0.588 bits per heavy atom. The molecule has 0 spiro atoms. The van der Waals surface area contributed by atoms with E-state index in [9.17, 15) is 5.11 Å². The van der Waals surface area contributed by atoms with E-state index in [0.717, 1.165) is 28.4 Å². The van der Waals surface area contributed by atoms with Crippen LogP contribution in [-0.4, -0.2) is 5.11 Å². The quantitative estimate of drug-likeness (QED) is 0.237. The lowest BCUT2D eigenvalue weighted by Gasteiger charge is -2.28. The summed E-state index contributed by atoms with van der Waals surface area (Å²) in [7, 11) is -2.10. The largest absolute Gasteiger partial charge is 0.508 e. The van der Waals surface area contributed by atoms with Crippen molar-refractivity contribution in [1.82, 2.24) is 0 Å². The summed E-state index contributed by atoms with van der Waals surface area (Å²) in [5.41, 5.74) is 4.39. The molecule has 4 aromatic carbocycles. The molecule has 0 aliphatic heterocycles. The molecule has 0 aliphatic carbocycles. The molecule has 0 atom stereocenters. The summed E-state index contributed by atoms with van der Waals surface area (Å²) in [4.78, 5) is 0. The Labute approximate surface area is 213 Å². The lowest BCUT2D eigenvalue weighted by atomic mass is 10.2. The van der Waals surface area contributed by atoms with Crippen molar-refractivity contribution < 1.29 is 5.11 Å². The molecule has 0 radical (unpaired) electrons. The van der Waals surface area contributed by atoms with Crippen molar-refractivity contribution in [3.63, 3.8) is 0 Å². The Morgan fingerprint density at radius 3 is 1.29 bits per heavy atom. The fraction of sp³-hybridized carbons (Fsp3) is 0.0323. The van der Waals surface area contributed by atoms with E-state index in [4.69, 9.17) is 0 Å². The van der Waals surface area contributed by atoms with Crippen LogP contribution >= 0.6 is 24.2 Å². The average molecular weight is 528 g/mol. The Balaban J connectivity index is 0.00000324. The third-order valence-electron chi connectivity index (χ3n) is 6.04. The highest BCUT2D eigenvalue weighted by Crippen LogP contribution is 2.58. The Hall–Kier alpha value is -3.19. The lowest BCUT2D eigenvalue weighted by Crippen LogP contribution is -2.32. The monoisotopic (exact) mass is 527 g/mol. The van der Waals surface area contributed by atoms with E-state index in [1.807, 2.05) is 30.4 Å². The molecule has 0 bridgehead atoms. The Bertz CT molecular complexity index is 1150. The van der Waals surface area contributed by atoms with Crippen molar-refractivity contribution in [1.29, 1.82) is 0 Å². The summed E-state index contributed by atoms with van der Waals surface area (Å²) < 4.78 is 0. The molecule has 170 valence electrons. The van der Waals surface area contributed by atoms with E-state index < -0.39 is 7.26 Å². The Kier molecular flexibility index (Phi) is 8.45. The van der Waals surface area contributed by atoms with Gasteiger partial charge in [-0.15, -0.1) is 17.0 Å². The standard InChI is InChI=1S/C31H27OP.BrH/c1-4-24-10-16-29(17-11-24)33(23-27-8-7-9-28(32)22-27,30-18-12-25(5-2)13-19-30)31-20-14-26(6-3)15-21-31;/h4-22H,1-3,23H2;1H/p+1. The van der Waals surface area contributed by atoms with Crippen molar-refractivity contribution in [3.05, 3.63) is 139 Å². The second kappa shape index (κ2) is 11.3. The maximum Gasteiger partial charge on any atom is 0.116 e. The van der Waals surface area contributed by atoms with E-state index >= 15 is 0 Å². The normalized spacial score (nSPS) is 10.7. The molecule has 3 heteroatoms. The zero-order chi connectivity index (χ0) is 23.3. The molecular weight excluding hydrogens is 499 g/mol. The summed E-state index contributed by atoms with van der Waals surface area (Å²) in [5.74, 6) is 0.289. The SMILES string of the molecule is Br.C=Cc1ccc([P+](Cc2cccc(O)c2)(c2ccc(C=C)cc2)c2ccc(C=C)cc2)cc1. The molecule has 0 aliphatic rings. The minimum absolute atomic E-state index is 0. The topological polar surface area (TPSA) is 20.2 Å². The van der Waals surface area contributed by atoms with Gasteiger partial charge < -0.3 is 5.11 Å². The van der Waals surface area contributed by atoms with Crippen molar-refractivity contribution in [2.75, 3.05) is 0 Å². The zero-order valence-electron chi connectivity index (χ0n) is 19.1. The molecule has 0 saturated heterocycles. The maximum atomic E-state index is 10.2. The number of rotatable bonds is 8. The second-order valence-corrected chi connectivity index (χ2v) is 11.5. The van der Waals surface area contributed by atoms with Gasteiger partial charge >= 0.3 is 0 Å².